The number of rotatable bonds is 2. The van der Waals surface area contributed by atoms with Gasteiger partial charge in [-0.1, -0.05) is 113 Å². The number of nitrogens with zero attached hydrogens (tertiary/aromatic N) is 2. The first-order valence-electron chi connectivity index (χ1n) is 15.2. The van der Waals surface area contributed by atoms with Gasteiger partial charge in [0, 0.05) is 27.8 Å². The Balaban J connectivity index is 1.33. The smallest absolute Gasteiger partial charge is 0.138 e. The van der Waals surface area contributed by atoms with Gasteiger partial charge in [-0.25, -0.2) is 4.98 Å². The number of pyridine rings is 1. The van der Waals surface area contributed by atoms with Gasteiger partial charge in [-0.3, -0.25) is 4.57 Å². The van der Waals surface area contributed by atoms with Gasteiger partial charge in [-0.05, 0) is 86.0 Å². The van der Waals surface area contributed by atoms with E-state index in [-0.39, 0.29) is 10.8 Å². The highest BCUT2D eigenvalue weighted by atomic mass is 15.1. The molecular formula is C41H32N2. The second-order valence-corrected chi connectivity index (χ2v) is 13.2. The van der Waals surface area contributed by atoms with Gasteiger partial charge in [-0.2, -0.15) is 0 Å². The predicted molar refractivity (Wildman–Crippen MR) is 179 cm³/mol. The SMILES string of the molecule is CC1(C)c2ccccc2-c2c1ccc1c2C(C)(C)c2cc3c(cc2-1)c1ccccc1n3-c1cc(-c2ccccc2)ccn1. The maximum absolute atomic E-state index is 4.93. The topological polar surface area (TPSA) is 17.8 Å². The Bertz CT molecular complexity index is 2280. The molecule has 2 nitrogen and oxygen atoms in total. The molecule has 43 heavy (non-hydrogen) atoms. The van der Waals surface area contributed by atoms with Crippen LogP contribution in [0.3, 0.4) is 0 Å². The van der Waals surface area contributed by atoms with Crippen molar-refractivity contribution in [2.24, 2.45) is 0 Å². The quantitative estimate of drug-likeness (QED) is 0.209. The van der Waals surface area contributed by atoms with E-state index in [2.05, 4.69) is 148 Å². The van der Waals surface area contributed by atoms with E-state index in [0.717, 1.165) is 5.82 Å². The van der Waals surface area contributed by atoms with Gasteiger partial charge in [0.25, 0.3) is 0 Å². The van der Waals surface area contributed by atoms with E-state index < -0.39 is 0 Å². The maximum atomic E-state index is 4.93. The minimum Gasteiger partial charge on any atom is -0.294 e. The first-order chi connectivity index (χ1) is 20.9. The third-order valence-electron chi connectivity index (χ3n) is 10.2. The van der Waals surface area contributed by atoms with E-state index in [1.54, 1.807) is 0 Å². The highest BCUT2D eigenvalue weighted by Gasteiger charge is 2.44. The molecule has 0 unspecified atom stereocenters. The van der Waals surface area contributed by atoms with Crippen molar-refractivity contribution < 1.29 is 0 Å². The van der Waals surface area contributed by atoms with Crippen LogP contribution in [0.15, 0.2) is 121 Å². The highest BCUT2D eigenvalue weighted by Crippen LogP contribution is 2.59. The fourth-order valence-electron chi connectivity index (χ4n) is 8.16. The van der Waals surface area contributed by atoms with Gasteiger partial charge in [0.1, 0.15) is 5.82 Å². The molecule has 2 aliphatic rings. The fourth-order valence-corrected chi connectivity index (χ4v) is 8.16. The average molecular weight is 553 g/mol. The Morgan fingerprint density at radius 1 is 0.512 bits per heavy atom. The lowest BCUT2D eigenvalue weighted by Crippen LogP contribution is -2.18. The molecule has 2 heteroatoms. The van der Waals surface area contributed by atoms with Crippen LogP contribution in [0.2, 0.25) is 0 Å². The fraction of sp³-hybridized carbons (Fsp3) is 0.146. The van der Waals surface area contributed by atoms with Gasteiger partial charge in [0.2, 0.25) is 0 Å². The number of fused-ring (bicyclic) bond motifs is 10. The zero-order valence-corrected chi connectivity index (χ0v) is 24.9. The molecule has 0 amide bonds. The molecule has 2 aliphatic carbocycles. The minimum absolute atomic E-state index is 0.0151. The summed E-state index contributed by atoms with van der Waals surface area (Å²) in [4.78, 5) is 4.93. The molecule has 0 bridgehead atoms. The minimum atomic E-state index is -0.154. The first kappa shape index (κ1) is 24.6. The Morgan fingerprint density at radius 2 is 1.28 bits per heavy atom. The molecule has 0 atom stereocenters. The molecule has 2 heterocycles. The van der Waals surface area contributed by atoms with Crippen molar-refractivity contribution in [1.29, 1.82) is 0 Å². The second kappa shape index (κ2) is 8.33. The molecular weight excluding hydrogens is 520 g/mol. The van der Waals surface area contributed by atoms with Gasteiger partial charge in [-0.15, -0.1) is 0 Å². The van der Waals surface area contributed by atoms with Gasteiger partial charge in [0.15, 0.2) is 0 Å². The summed E-state index contributed by atoms with van der Waals surface area (Å²) < 4.78 is 2.36. The Morgan fingerprint density at radius 3 is 2.14 bits per heavy atom. The molecule has 2 aromatic heterocycles. The molecule has 0 spiro atoms. The van der Waals surface area contributed by atoms with Crippen LogP contribution < -0.4 is 0 Å². The molecule has 0 N–H and O–H groups in total. The zero-order chi connectivity index (χ0) is 29.1. The molecule has 0 saturated carbocycles. The number of para-hydroxylation sites is 1. The number of aromatic nitrogens is 2. The Kier molecular flexibility index (Phi) is 4.77. The summed E-state index contributed by atoms with van der Waals surface area (Å²) in [5, 5.41) is 2.53. The highest BCUT2D eigenvalue weighted by molar-refractivity contribution is 6.12. The van der Waals surface area contributed by atoms with Crippen molar-refractivity contribution in [3.8, 4) is 39.2 Å². The largest absolute Gasteiger partial charge is 0.294 e. The predicted octanol–water partition coefficient (Wildman–Crippen LogP) is 10.5. The van der Waals surface area contributed by atoms with Crippen molar-refractivity contribution in [3.05, 3.63) is 144 Å². The van der Waals surface area contributed by atoms with E-state index in [1.807, 2.05) is 6.20 Å². The van der Waals surface area contributed by atoms with Crippen LogP contribution in [0, 0.1) is 0 Å². The summed E-state index contributed by atoms with van der Waals surface area (Å²) in [6, 6.07) is 42.4. The molecule has 9 rings (SSSR count). The molecule has 0 radical (unpaired) electrons. The zero-order valence-electron chi connectivity index (χ0n) is 24.9. The lowest BCUT2D eigenvalue weighted by Gasteiger charge is -2.26. The van der Waals surface area contributed by atoms with Gasteiger partial charge >= 0.3 is 0 Å². The van der Waals surface area contributed by atoms with Crippen LogP contribution in [0.4, 0.5) is 0 Å². The second-order valence-electron chi connectivity index (χ2n) is 13.2. The standard InChI is InChI=1S/C41H32N2/c1-40(2)32-16-10-8-15-29(32)38-33(40)19-18-28-30-23-31-27-14-9-11-17-35(27)43(36(31)24-34(30)41(3,4)39(28)38)37-22-26(20-21-42-37)25-12-6-5-7-13-25/h5-24H,1-4H3. The molecule has 0 aliphatic heterocycles. The van der Waals surface area contributed by atoms with Crippen LogP contribution in [0.25, 0.3) is 61.0 Å². The van der Waals surface area contributed by atoms with Crippen LogP contribution in [0.1, 0.15) is 49.9 Å². The number of hydrogen-bond acceptors (Lipinski definition) is 1. The van der Waals surface area contributed by atoms with E-state index in [1.165, 1.54) is 77.4 Å². The first-order valence-corrected chi connectivity index (χ1v) is 15.2. The monoisotopic (exact) mass is 552 g/mol. The lowest BCUT2D eigenvalue weighted by molar-refractivity contribution is 0.648. The summed E-state index contributed by atoms with van der Waals surface area (Å²) in [5.74, 6) is 0.942. The summed E-state index contributed by atoms with van der Waals surface area (Å²) in [6.07, 6.45) is 1.94. The average Bonchev–Trinajstić information content (AvgIpc) is 3.57. The molecule has 206 valence electrons. The van der Waals surface area contributed by atoms with Gasteiger partial charge in [0.05, 0.1) is 11.0 Å². The Hall–Kier alpha value is -4.95. The number of hydrogen-bond donors (Lipinski definition) is 0. The van der Waals surface area contributed by atoms with Gasteiger partial charge < -0.3 is 0 Å². The normalized spacial score (nSPS) is 15.3. The van der Waals surface area contributed by atoms with E-state index in [4.69, 9.17) is 4.98 Å². The molecule has 0 fully saturated rings. The van der Waals surface area contributed by atoms with Crippen LogP contribution in [-0.4, -0.2) is 9.55 Å². The van der Waals surface area contributed by atoms with Crippen molar-refractivity contribution in [2.45, 2.75) is 38.5 Å². The number of benzene rings is 5. The summed E-state index contributed by atoms with van der Waals surface area (Å²) in [7, 11) is 0. The molecule has 0 saturated heterocycles. The van der Waals surface area contributed by atoms with Crippen LogP contribution >= 0.6 is 0 Å². The van der Waals surface area contributed by atoms with E-state index in [9.17, 15) is 0 Å². The van der Waals surface area contributed by atoms with Crippen molar-refractivity contribution in [1.82, 2.24) is 9.55 Å². The van der Waals surface area contributed by atoms with Crippen LogP contribution in [-0.2, 0) is 10.8 Å². The summed E-state index contributed by atoms with van der Waals surface area (Å²) in [5.41, 5.74) is 15.8. The van der Waals surface area contributed by atoms with Crippen molar-refractivity contribution in [2.75, 3.05) is 0 Å². The molecule has 5 aromatic carbocycles. The summed E-state index contributed by atoms with van der Waals surface area (Å²) in [6.45, 7) is 9.58. The van der Waals surface area contributed by atoms with Crippen molar-refractivity contribution in [3.63, 3.8) is 0 Å². The lowest BCUT2D eigenvalue weighted by atomic mass is 9.77. The van der Waals surface area contributed by atoms with E-state index >= 15 is 0 Å². The van der Waals surface area contributed by atoms with E-state index in [0.29, 0.717) is 0 Å². The third kappa shape index (κ3) is 3.16. The third-order valence-corrected chi connectivity index (χ3v) is 10.2. The Labute approximate surface area is 252 Å². The van der Waals surface area contributed by atoms with Crippen LogP contribution in [0.5, 0.6) is 0 Å². The molecule has 7 aromatic rings. The summed E-state index contributed by atoms with van der Waals surface area (Å²) >= 11 is 0. The van der Waals surface area contributed by atoms with Crippen molar-refractivity contribution >= 4 is 21.8 Å². The maximum Gasteiger partial charge on any atom is 0.138 e.